The maximum absolute atomic E-state index is 13.4. The van der Waals surface area contributed by atoms with E-state index < -0.39 is 28.5 Å². The van der Waals surface area contributed by atoms with E-state index in [2.05, 4.69) is 5.32 Å². The standard InChI is InChI=1S/C23H28ClN3O6S/c1-4-25-23(29)16(2)26(14-17-5-7-18(24)8-6-17)22(28)15-27(34(3,30)31)19-9-10-20-21(13-19)33-12-11-32-20/h5-10,13,16H,4,11-12,14-15H2,1-3H3,(H,25,29)/t16-/m0/s1. The van der Waals surface area contributed by atoms with Gasteiger partial charge in [-0.05, 0) is 43.7 Å². The first-order valence-electron chi connectivity index (χ1n) is 10.8. The molecule has 1 aliphatic rings. The van der Waals surface area contributed by atoms with Crippen molar-refractivity contribution in [1.29, 1.82) is 0 Å². The van der Waals surface area contributed by atoms with Crippen molar-refractivity contribution in [2.45, 2.75) is 26.4 Å². The van der Waals surface area contributed by atoms with Gasteiger partial charge in [0.25, 0.3) is 0 Å². The van der Waals surface area contributed by atoms with E-state index in [9.17, 15) is 18.0 Å². The number of hydrogen-bond donors (Lipinski definition) is 1. The maximum atomic E-state index is 13.4. The van der Waals surface area contributed by atoms with Crippen molar-refractivity contribution < 1.29 is 27.5 Å². The zero-order valence-corrected chi connectivity index (χ0v) is 20.9. The van der Waals surface area contributed by atoms with Gasteiger partial charge < -0.3 is 19.7 Å². The summed E-state index contributed by atoms with van der Waals surface area (Å²) in [5, 5.41) is 3.25. The van der Waals surface area contributed by atoms with E-state index in [0.29, 0.717) is 36.3 Å². The number of halogens is 1. The second kappa shape index (κ2) is 11.0. The van der Waals surface area contributed by atoms with Gasteiger partial charge in [0.1, 0.15) is 25.8 Å². The Morgan fingerprint density at radius 3 is 2.35 bits per heavy atom. The molecule has 3 rings (SSSR count). The minimum atomic E-state index is -3.84. The Kier molecular flexibility index (Phi) is 8.27. The van der Waals surface area contributed by atoms with E-state index in [0.717, 1.165) is 16.1 Å². The predicted molar refractivity (Wildman–Crippen MR) is 130 cm³/mol. The van der Waals surface area contributed by atoms with E-state index in [1.54, 1.807) is 50.2 Å². The highest BCUT2D eigenvalue weighted by molar-refractivity contribution is 7.92. The summed E-state index contributed by atoms with van der Waals surface area (Å²) >= 11 is 5.97. The van der Waals surface area contributed by atoms with Crippen LogP contribution in [0.25, 0.3) is 0 Å². The van der Waals surface area contributed by atoms with Crippen molar-refractivity contribution in [1.82, 2.24) is 10.2 Å². The highest BCUT2D eigenvalue weighted by Crippen LogP contribution is 2.34. The molecular formula is C23H28ClN3O6S. The van der Waals surface area contributed by atoms with Crippen LogP contribution in [0.3, 0.4) is 0 Å². The smallest absolute Gasteiger partial charge is 0.244 e. The molecule has 34 heavy (non-hydrogen) atoms. The van der Waals surface area contributed by atoms with E-state index in [4.69, 9.17) is 21.1 Å². The molecule has 0 saturated heterocycles. The number of nitrogens with zero attached hydrogens (tertiary/aromatic N) is 2. The van der Waals surface area contributed by atoms with Crippen molar-refractivity contribution in [2.24, 2.45) is 0 Å². The average Bonchev–Trinajstić information content (AvgIpc) is 2.80. The molecule has 0 aliphatic carbocycles. The fourth-order valence-corrected chi connectivity index (χ4v) is 4.46. The van der Waals surface area contributed by atoms with Crippen LogP contribution < -0.4 is 19.1 Å². The number of likely N-dealkylation sites (N-methyl/N-ethyl adjacent to an activating group) is 1. The van der Waals surface area contributed by atoms with Gasteiger partial charge in [-0.2, -0.15) is 0 Å². The molecule has 2 aromatic rings. The Morgan fingerprint density at radius 2 is 1.74 bits per heavy atom. The first-order valence-corrected chi connectivity index (χ1v) is 13.0. The van der Waals surface area contributed by atoms with Gasteiger partial charge in [0.2, 0.25) is 21.8 Å². The number of benzene rings is 2. The van der Waals surface area contributed by atoms with Crippen LogP contribution in [0.15, 0.2) is 42.5 Å². The van der Waals surface area contributed by atoms with E-state index in [-0.39, 0.29) is 18.1 Å². The minimum absolute atomic E-state index is 0.104. The molecule has 2 amide bonds. The van der Waals surface area contributed by atoms with Gasteiger partial charge in [0.15, 0.2) is 11.5 Å². The van der Waals surface area contributed by atoms with Gasteiger partial charge >= 0.3 is 0 Å². The SMILES string of the molecule is CCNC(=O)[C@H](C)N(Cc1ccc(Cl)cc1)C(=O)CN(c1ccc2c(c1)OCCO2)S(C)(=O)=O. The van der Waals surface area contributed by atoms with Gasteiger partial charge in [0.05, 0.1) is 11.9 Å². The number of carbonyl (C=O) groups excluding carboxylic acids is 2. The molecule has 0 fully saturated rings. The van der Waals surface area contributed by atoms with Crippen molar-refractivity contribution in [3.05, 3.63) is 53.1 Å². The second-order valence-electron chi connectivity index (χ2n) is 7.82. The lowest BCUT2D eigenvalue weighted by Gasteiger charge is -2.31. The molecule has 1 aliphatic heterocycles. The number of amides is 2. The van der Waals surface area contributed by atoms with Gasteiger partial charge in [-0.3, -0.25) is 13.9 Å². The molecule has 0 bridgehead atoms. The van der Waals surface area contributed by atoms with Crippen molar-refractivity contribution in [3.8, 4) is 11.5 Å². The number of sulfonamides is 1. The van der Waals surface area contributed by atoms with Gasteiger partial charge in [-0.15, -0.1) is 0 Å². The Balaban J connectivity index is 1.91. The number of carbonyl (C=O) groups is 2. The number of nitrogens with one attached hydrogen (secondary N) is 1. The summed E-state index contributed by atoms with van der Waals surface area (Å²) in [5.41, 5.74) is 1.01. The van der Waals surface area contributed by atoms with Crippen LogP contribution in [0.1, 0.15) is 19.4 Å². The highest BCUT2D eigenvalue weighted by atomic mass is 35.5. The monoisotopic (exact) mass is 509 g/mol. The lowest BCUT2D eigenvalue weighted by molar-refractivity contribution is -0.139. The normalized spacial score (nSPS) is 13.6. The van der Waals surface area contributed by atoms with Crippen LogP contribution >= 0.6 is 11.6 Å². The minimum Gasteiger partial charge on any atom is -0.486 e. The van der Waals surface area contributed by atoms with Crippen molar-refractivity contribution in [3.63, 3.8) is 0 Å². The molecule has 9 nitrogen and oxygen atoms in total. The molecule has 184 valence electrons. The molecule has 1 atom stereocenters. The molecular weight excluding hydrogens is 482 g/mol. The van der Waals surface area contributed by atoms with Crippen LogP contribution in [0.5, 0.6) is 11.5 Å². The zero-order chi connectivity index (χ0) is 24.9. The number of hydrogen-bond acceptors (Lipinski definition) is 6. The van der Waals surface area contributed by atoms with Crippen LogP contribution in [-0.4, -0.2) is 63.7 Å². The molecule has 2 aromatic carbocycles. The Bertz CT molecular complexity index is 1140. The quantitative estimate of drug-likeness (QED) is 0.556. The summed E-state index contributed by atoms with van der Waals surface area (Å²) in [7, 11) is -3.84. The van der Waals surface area contributed by atoms with Gasteiger partial charge in [-0.25, -0.2) is 8.42 Å². The van der Waals surface area contributed by atoms with Crippen LogP contribution in [-0.2, 0) is 26.2 Å². The number of anilines is 1. The summed E-state index contributed by atoms with van der Waals surface area (Å²) in [6, 6.07) is 10.7. The number of fused-ring (bicyclic) bond motifs is 1. The fourth-order valence-electron chi connectivity index (χ4n) is 3.49. The zero-order valence-electron chi connectivity index (χ0n) is 19.3. The lowest BCUT2D eigenvalue weighted by Crippen LogP contribution is -2.51. The Labute approximate surface area is 204 Å². The third-order valence-electron chi connectivity index (χ3n) is 5.28. The molecule has 0 radical (unpaired) electrons. The van der Waals surface area contributed by atoms with Crippen LogP contribution in [0.2, 0.25) is 5.02 Å². The molecule has 1 N–H and O–H groups in total. The Hall–Kier alpha value is -2.98. The van der Waals surface area contributed by atoms with Crippen LogP contribution in [0, 0.1) is 0 Å². The largest absolute Gasteiger partial charge is 0.486 e. The first kappa shape index (κ1) is 25.6. The number of ether oxygens (including phenoxy) is 2. The summed E-state index contributed by atoms with van der Waals surface area (Å²) in [6.07, 6.45) is 1.02. The number of rotatable bonds is 9. The Morgan fingerprint density at radius 1 is 1.09 bits per heavy atom. The average molecular weight is 510 g/mol. The highest BCUT2D eigenvalue weighted by Gasteiger charge is 2.30. The first-order chi connectivity index (χ1) is 16.1. The summed E-state index contributed by atoms with van der Waals surface area (Å²) in [5.74, 6) is 0.0339. The van der Waals surface area contributed by atoms with Gasteiger partial charge in [-0.1, -0.05) is 23.7 Å². The summed E-state index contributed by atoms with van der Waals surface area (Å²) in [6.45, 7) is 4.14. The van der Waals surface area contributed by atoms with E-state index in [1.165, 1.54) is 11.0 Å². The molecule has 11 heteroatoms. The maximum Gasteiger partial charge on any atom is 0.244 e. The topological polar surface area (TPSA) is 105 Å². The predicted octanol–water partition coefficient (Wildman–Crippen LogP) is 2.43. The summed E-state index contributed by atoms with van der Waals surface area (Å²) < 4.78 is 37.3. The third-order valence-corrected chi connectivity index (χ3v) is 6.67. The molecule has 1 heterocycles. The molecule has 0 saturated carbocycles. The van der Waals surface area contributed by atoms with Crippen molar-refractivity contribution in [2.75, 3.05) is 36.9 Å². The fraction of sp³-hybridized carbons (Fsp3) is 0.391. The third kappa shape index (κ3) is 6.32. The molecule has 0 unspecified atom stereocenters. The lowest BCUT2D eigenvalue weighted by atomic mass is 10.1. The van der Waals surface area contributed by atoms with Crippen molar-refractivity contribution >= 4 is 39.1 Å². The molecule has 0 spiro atoms. The summed E-state index contributed by atoms with van der Waals surface area (Å²) in [4.78, 5) is 27.4. The van der Waals surface area contributed by atoms with Crippen LogP contribution in [0.4, 0.5) is 5.69 Å². The second-order valence-corrected chi connectivity index (χ2v) is 10.2. The van der Waals surface area contributed by atoms with E-state index >= 15 is 0 Å². The van der Waals surface area contributed by atoms with E-state index in [1.807, 2.05) is 0 Å². The molecule has 0 aromatic heterocycles. The van der Waals surface area contributed by atoms with Gasteiger partial charge in [0, 0.05) is 24.2 Å².